The first-order valence-corrected chi connectivity index (χ1v) is 10.7. The molecule has 4 aromatic rings. The van der Waals surface area contributed by atoms with Crippen molar-refractivity contribution in [1.29, 1.82) is 5.26 Å². The largest absolute Gasteiger partial charge is 0.508 e. The lowest BCUT2D eigenvalue weighted by atomic mass is 10.1. The van der Waals surface area contributed by atoms with Gasteiger partial charge in [0, 0.05) is 12.6 Å². The molecule has 12 nitrogen and oxygen atoms in total. The van der Waals surface area contributed by atoms with E-state index >= 15 is 0 Å². The molecule has 0 aliphatic rings. The Kier molecular flexibility index (Phi) is 6.32. The third-order valence-electron chi connectivity index (χ3n) is 5.49. The molecule has 2 atom stereocenters. The number of amides is 1. The number of aromatic hydroxyl groups is 1. The topological polar surface area (TPSA) is 193 Å². The van der Waals surface area contributed by atoms with E-state index in [0.29, 0.717) is 23.6 Å². The molecule has 0 spiro atoms. The molecule has 0 fully saturated rings. The molecule has 0 aliphatic heterocycles. The normalized spacial score (nSPS) is 12.6. The zero-order chi connectivity index (χ0) is 25.1. The number of phenols is 1. The van der Waals surface area contributed by atoms with Crippen LogP contribution in [0.5, 0.6) is 5.75 Å². The van der Waals surface area contributed by atoms with Crippen LogP contribution in [0.2, 0.25) is 0 Å². The summed E-state index contributed by atoms with van der Waals surface area (Å²) < 4.78 is 1.66. The number of primary amides is 1. The van der Waals surface area contributed by atoms with Gasteiger partial charge in [0.1, 0.15) is 46.9 Å². The Morgan fingerprint density at radius 2 is 1.94 bits per heavy atom. The van der Waals surface area contributed by atoms with Gasteiger partial charge in [-0.3, -0.25) is 4.79 Å². The first kappa shape index (κ1) is 23.2. The summed E-state index contributed by atoms with van der Waals surface area (Å²) in [4.78, 5) is 24.9. The van der Waals surface area contributed by atoms with E-state index in [1.54, 1.807) is 35.0 Å². The molecular formula is C23H24N10O2. The van der Waals surface area contributed by atoms with E-state index in [2.05, 4.69) is 30.7 Å². The summed E-state index contributed by atoms with van der Waals surface area (Å²) in [6, 6.07) is 9.18. The second-order valence-corrected chi connectivity index (χ2v) is 8.04. The van der Waals surface area contributed by atoms with Crippen LogP contribution in [0, 0.1) is 18.3 Å². The van der Waals surface area contributed by atoms with Gasteiger partial charge >= 0.3 is 0 Å². The fraction of sp³-hybridized carbons (Fsp3) is 0.217. The van der Waals surface area contributed by atoms with Gasteiger partial charge in [0.25, 0.3) is 0 Å². The molecule has 1 aromatic carbocycles. The van der Waals surface area contributed by atoms with Crippen LogP contribution >= 0.6 is 0 Å². The maximum Gasteiger partial charge on any atom is 0.240 e. The number of hydrogen-bond acceptors (Lipinski definition) is 10. The van der Waals surface area contributed by atoms with Crippen LogP contribution in [0.3, 0.4) is 0 Å². The number of rotatable bonds is 8. The molecule has 0 bridgehead atoms. The number of anilines is 3. The van der Waals surface area contributed by atoms with Crippen molar-refractivity contribution in [3.63, 3.8) is 0 Å². The van der Waals surface area contributed by atoms with Gasteiger partial charge in [0.15, 0.2) is 11.6 Å². The molecule has 35 heavy (non-hydrogen) atoms. The van der Waals surface area contributed by atoms with Crippen LogP contribution in [0.15, 0.2) is 42.9 Å². The first-order valence-electron chi connectivity index (χ1n) is 10.7. The van der Waals surface area contributed by atoms with Crippen LogP contribution in [-0.4, -0.2) is 41.6 Å². The van der Waals surface area contributed by atoms with E-state index in [9.17, 15) is 15.2 Å². The van der Waals surface area contributed by atoms with Crippen molar-refractivity contribution in [1.82, 2.24) is 24.6 Å². The van der Waals surface area contributed by atoms with Crippen LogP contribution < -0.4 is 22.1 Å². The molecule has 3 heterocycles. The zero-order valence-corrected chi connectivity index (χ0v) is 19.1. The van der Waals surface area contributed by atoms with Crippen LogP contribution in [-0.2, 0) is 11.2 Å². The standard InChI is InChI=1S/C23H24N10O2/c1-12-7-8-33-18(12)23(30-17(20(26)35)9-14-3-5-15(34)6-4-14)31-21(32-33)13(2)29-22-16(10-24)19(25)27-11-28-22/h3-8,11,13,17,34H,9H2,1-2H3,(H2,26,35)(H,30,31,32)(H3,25,27,28,29)/t13-,17-/m0/s1. The van der Waals surface area contributed by atoms with Crippen LogP contribution in [0.4, 0.5) is 17.5 Å². The summed E-state index contributed by atoms with van der Waals surface area (Å²) in [5, 5.41) is 29.8. The molecule has 3 aromatic heterocycles. The Morgan fingerprint density at radius 3 is 2.63 bits per heavy atom. The number of nitrogens with zero attached hydrogens (tertiary/aromatic N) is 6. The summed E-state index contributed by atoms with van der Waals surface area (Å²) in [6.07, 6.45) is 3.34. The lowest BCUT2D eigenvalue weighted by Crippen LogP contribution is -2.38. The Hall–Kier alpha value is -4.92. The highest BCUT2D eigenvalue weighted by Gasteiger charge is 2.22. The molecule has 0 saturated heterocycles. The van der Waals surface area contributed by atoms with Crippen molar-refractivity contribution >= 4 is 28.9 Å². The number of aryl methyl sites for hydroxylation is 1. The SMILES string of the molecule is Cc1ccn2nc([C@H](C)Nc3ncnc(N)c3C#N)nc(N[C@@H](Cc3ccc(O)cc3)C(N)=O)c12. The summed E-state index contributed by atoms with van der Waals surface area (Å²) in [7, 11) is 0. The van der Waals surface area contributed by atoms with E-state index in [-0.39, 0.29) is 22.9 Å². The predicted octanol–water partition coefficient (Wildman–Crippen LogP) is 1.67. The van der Waals surface area contributed by atoms with Crippen molar-refractivity contribution in [2.45, 2.75) is 32.4 Å². The van der Waals surface area contributed by atoms with Crippen LogP contribution in [0.1, 0.15) is 35.5 Å². The minimum atomic E-state index is -0.768. The second kappa shape index (κ2) is 9.52. The molecule has 178 valence electrons. The van der Waals surface area contributed by atoms with E-state index in [0.717, 1.165) is 11.1 Å². The molecule has 0 unspecified atom stereocenters. The smallest absolute Gasteiger partial charge is 0.240 e. The number of benzene rings is 1. The van der Waals surface area contributed by atoms with Gasteiger partial charge in [-0.25, -0.2) is 19.5 Å². The summed E-state index contributed by atoms with van der Waals surface area (Å²) >= 11 is 0. The third kappa shape index (κ3) is 4.88. The first-order chi connectivity index (χ1) is 16.8. The van der Waals surface area contributed by atoms with Gasteiger partial charge in [-0.05, 0) is 43.2 Å². The Labute approximate surface area is 200 Å². The minimum Gasteiger partial charge on any atom is -0.508 e. The fourth-order valence-electron chi connectivity index (χ4n) is 3.62. The van der Waals surface area contributed by atoms with E-state index in [4.69, 9.17) is 11.5 Å². The quantitative estimate of drug-likeness (QED) is 0.252. The summed E-state index contributed by atoms with van der Waals surface area (Å²) in [5.41, 5.74) is 14.0. The number of nitrogens with two attached hydrogens (primary N) is 2. The highest BCUT2D eigenvalue weighted by atomic mass is 16.3. The average molecular weight is 473 g/mol. The maximum absolute atomic E-state index is 12.3. The average Bonchev–Trinajstić information content (AvgIpc) is 3.21. The predicted molar refractivity (Wildman–Crippen MR) is 129 cm³/mol. The minimum absolute atomic E-state index is 0.0653. The molecule has 0 radical (unpaired) electrons. The highest BCUT2D eigenvalue weighted by molar-refractivity contribution is 5.85. The molecule has 1 amide bonds. The van der Waals surface area contributed by atoms with E-state index < -0.39 is 18.0 Å². The maximum atomic E-state index is 12.3. The summed E-state index contributed by atoms with van der Waals surface area (Å²) in [6.45, 7) is 3.72. The number of phenolic OH excluding ortho intramolecular Hbond substituents is 1. The van der Waals surface area contributed by atoms with Crippen molar-refractivity contribution in [3.8, 4) is 11.8 Å². The van der Waals surface area contributed by atoms with Crippen LogP contribution in [0.25, 0.3) is 5.52 Å². The van der Waals surface area contributed by atoms with Gasteiger partial charge in [0.05, 0.1) is 6.04 Å². The van der Waals surface area contributed by atoms with Crippen molar-refractivity contribution in [2.24, 2.45) is 5.73 Å². The van der Waals surface area contributed by atoms with Crippen molar-refractivity contribution < 1.29 is 9.90 Å². The molecule has 12 heteroatoms. The number of nitrogen functional groups attached to an aromatic ring is 1. The van der Waals surface area contributed by atoms with Gasteiger partial charge in [-0.2, -0.15) is 10.4 Å². The second-order valence-electron chi connectivity index (χ2n) is 8.04. The zero-order valence-electron chi connectivity index (χ0n) is 19.1. The third-order valence-corrected chi connectivity index (χ3v) is 5.49. The van der Waals surface area contributed by atoms with Gasteiger partial charge in [-0.15, -0.1) is 0 Å². The molecule has 0 saturated carbocycles. The fourth-order valence-corrected chi connectivity index (χ4v) is 3.62. The Bertz CT molecular complexity index is 1430. The lowest BCUT2D eigenvalue weighted by molar-refractivity contribution is -0.118. The summed E-state index contributed by atoms with van der Waals surface area (Å²) in [5.74, 6) is 0.713. The van der Waals surface area contributed by atoms with E-state index in [1.807, 2.05) is 26.0 Å². The highest BCUT2D eigenvalue weighted by Crippen LogP contribution is 2.25. The number of carbonyl (C=O) groups is 1. The number of nitriles is 1. The molecular weight excluding hydrogens is 448 g/mol. The molecule has 7 N–H and O–H groups in total. The molecule has 4 rings (SSSR count). The number of fused-ring (bicyclic) bond motifs is 1. The Balaban J connectivity index is 1.68. The van der Waals surface area contributed by atoms with Gasteiger partial charge < -0.3 is 27.2 Å². The van der Waals surface area contributed by atoms with Gasteiger partial charge in [0.2, 0.25) is 5.91 Å². The van der Waals surface area contributed by atoms with Crippen molar-refractivity contribution in [3.05, 3.63) is 65.4 Å². The van der Waals surface area contributed by atoms with Gasteiger partial charge in [-0.1, -0.05) is 12.1 Å². The lowest BCUT2D eigenvalue weighted by Gasteiger charge is -2.20. The Morgan fingerprint density at radius 1 is 1.20 bits per heavy atom. The number of hydrogen-bond donors (Lipinski definition) is 5. The number of nitrogens with one attached hydrogen (secondary N) is 2. The monoisotopic (exact) mass is 472 g/mol. The molecule has 0 aliphatic carbocycles. The van der Waals surface area contributed by atoms with E-state index in [1.165, 1.54) is 6.33 Å². The number of carbonyl (C=O) groups excluding carboxylic acids is 1. The number of aromatic nitrogens is 5. The van der Waals surface area contributed by atoms with Crippen molar-refractivity contribution in [2.75, 3.05) is 16.4 Å².